The zero-order valence-corrected chi connectivity index (χ0v) is 14.9. The first-order chi connectivity index (χ1) is 12.1. The molecule has 4 heteroatoms. The maximum absolute atomic E-state index is 10.5. The van der Waals surface area contributed by atoms with E-state index in [4.69, 9.17) is 9.84 Å². The van der Waals surface area contributed by atoms with Crippen molar-refractivity contribution < 1.29 is 14.6 Å². The number of hydrogen-bond donors (Lipinski definition) is 2. The molecule has 0 saturated heterocycles. The molecule has 0 spiro atoms. The molecule has 0 atom stereocenters. The Morgan fingerprint density at radius 1 is 1.16 bits per heavy atom. The molecule has 1 amide bonds. The van der Waals surface area contributed by atoms with Crippen LogP contribution in [0, 0.1) is 23.2 Å². The molecule has 1 aromatic carbocycles. The minimum Gasteiger partial charge on any atom is -0.494 e. The third-order valence-electron chi connectivity index (χ3n) is 6.65. The SMILES string of the molecule is O=C(O)NCCc1cccc(OCCC23CC4CC(CC(C4)C2)C3)c1. The van der Waals surface area contributed by atoms with Crippen LogP contribution in [0.1, 0.15) is 50.5 Å². The van der Waals surface area contributed by atoms with E-state index in [1.807, 2.05) is 24.3 Å². The van der Waals surface area contributed by atoms with E-state index < -0.39 is 6.09 Å². The van der Waals surface area contributed by atoms with Crippen LogP contribution >= 0.6 is 0 Å². The van der Waals surface area contributed by atoms with Crippen molar-refractivity contribution >= 4 is 6.09 Å². The van der Waals surface area contributed by atoms with Crippen LogP contribution in [0.5, 0.6) is 5.75 Å². The average Bonchev–Trinajstić information content (AvgIpc) is 2.53. The molecule has 4 bridgehead atoms. The van der Waals surface area contributed by atoms with E-state index in [2.05, 4.69) is 5.32 Å². The van der Waals surface area contributed by atoms with Gasteiger partial charge in [0.15, 0.2) is 0 Å². The van der Waals surface area contributed by atoms with E-state index in [1.54, 1.807) is 0 Å². The van der Waals surface area contributed by atoms with Gasteiger partial charge in [-0.05, 0) is 92.2 Å². The largest absolute Gasteiger partial charge is 0.494 e. The molecule has 4 aliphatic carbocycles. The number of nitrogens with one attached hydrogen (secondary N) is 1. The van der Waals surface area contributed by atoms with Gasteiger partial charge in [0.05, 0.1) is 6.61 Å². The number of amides is 1. The molecular formula is C21H29NO3. The second-order valence-corrected chi connectivity index (χ2v) is 8.65. The van der Waals surface area contributed by atoms with E-state index >= 15 is 0 Å². The maximum Gasteiger partial charge on any atom is 0.404 e. The van der Waals surface area contributed by atoms with E-state index in [1.165, 1.54) is 44.9 Å². The molecule has 0 radical (unpaired) electrons. The molecule has 2 N–H and O–H groups in total. The van der Waals surface area contributed by atoms with E-state index in [0.29, 0.717) is 18.4 Å². The summed E-state index contributed by atoms with van der Waals surface area (Å²) in [7, 11) is 0. The number of hydrogen-bond acceptors (Lipinski definition) is 2. The number of ether oxygens (including phenoxy) is 1. The lowest BCUT2D eigenvalue weighted by Gasteiger charge is -2.57. The van der Waals surface area contributed by atoms with Gasteiger partial charge in [-0.1, -0.05) is 12.1 Å². The Kier molecular flexibility index (Phi) is 4.61. The minimum atomic E-state index is -0.969. The Bertz CT molecular complexity index is 592. The molecule has 4 saturated carbocycles. The number of rotatable bonds is 7. The third kappa shape index (κ3) is 3.94. The molecule has 4 fully saturated rings. The van der Waals surface area contributed by atoms with Crippen molar-refractivity contribution in [1.29, 1.82) is 0 Å². The average molecular weight is 343 g/mol. The van der Waals surface area contributed by atoms with Gasteiger partial charge in [-0.3, -0.25) is 0 Å². The second kappa shape index (κ2) is 6.89. The van der Waals surface area contributed by atoms with E-state index in [9.17, 15) is 4.79 Å². The van der Waals surface area contributed by atoms with Gasteiger partial charge >= 0.3 is 6.09 Å². The van der Waals surface area contributed by atoms with E-state index in [0.717, 1.165) is 35.7 Å². The lowest BCUT2D eigenvalue weighted by Crippen LogP contribution is -2.46. The number of carbonyl (C=O) groups is 1. The highest BCUT2D eigenvalue weighted by Crippen LogP contribution is 2.61. The van der Waals surface area contributed by atoms with Crippen molar-refractivity contribution in [3.05, 3.63) is 29.8 Å². The van der Waals surface area contributed by atoms with Gasteiger partial charge < -0.3 is 15.2 Å². The summed E-state index contributed by atoms with van der Waals surface area (Å²) in [5.41, 5.74) is 1.68. The van der Waals surface area contributed by atoms with Gasteiger partial charge in [0.25, 0.3) is 0 Å². The van der Waals surface area contributed by atoms with Crippen LogP contribution in [0.3, 0.4) is 0 Å². The van der Waals surface area contributed by atoms with Gasteiger partial charge in [0.1, 0.15) is 5.75 Å². The van der Waals surface area contributed by atoms with E-state index in [-0.39, 0.29) is 0 Å². The van der Waals surface area contributed by atoms with Gasteiger partial charge in [0.2, 0.25) is 0 Å². The van der Waals surface area contributed by atoms with Crippen molar-refractivity contribution in [2.75, 3.05) is 13.2 Å². The van der Waals surface area contributed by atoms with Crippen LogP contribution in [0.4, 0.5) is 4.79 Å². The van der Waals surface area contributed by atoms with Crippen LogP contribution in [0.15, 0.2) is 24.3 Å². The molecule has 5 rings (SSSR count). The Morgan fingerprint density at radius 3 is 2.48 bits per heavy atom. The molecule has 0 heterocycles. The standard InChI is InChI=1S/C21H29NO3/c23-20(24)22-6-4-15-2-1-3-19(11-15)25-7-5-21-12-16-8-17(13-21)10-18(9-16)14-21/h1-3,11,16-18,22H,4-10,12-14H2,(H,23,24). The molecule has 4 aliphatic rings. The Labute approximate surface area is 150 Å². The fourth-order valence-corrected chi connectivity index (χ4v) is 6.09. The highest BCUT2D eigenvalue weighted by Gasteiger charge is 2.50. The number of carboxylic acid groups (broad SMARTS) is 1. The first kappa shape index (κ1) is 16.7. The summed E-state index contributed by atoms with van der Waals surface area (Å²) in [5.74, 6) is 3.90. The Hall–Kier alpha value is -1.71. The highest BCUT2D eigenvalue weighted by atomic mass is 16.5. The molecule has 0 unspecified atom stereocenters. The predicted octanol–water partition coefficient (Wildman–Crippen LogP) is 4.48. The summed E-state index contributed by atoms with van der Waals surface area (Å²) >= 11 is 0. The van der Waals surface area contributed by atoms with Gasteiger partial charge in [0, 0.05) is 6.54 Å². The van der Waals surface area contributed by atoms with Crippen LogP contribution in [-0.4, -0.2) is 24.4 Å². The van der Waals surface area contributed by atoms with Gasteiger partial charge in [-0.15, -0.1) is 0 Å². The van der Waals surface area contributed by atoms with Crippen LogP contribution < -0.4 is 10.1 Å². The summed E-state index contributed by atoms with van der Waals surface area (Å²) in [6.45, 7) is 1.25. The normalized spacial score (nSPS) is 32.6. The summed E-state index contributed by atoms with van der Waals surface area (Å²) in [4.78, 5) is 10.5. The fourth-order valence-electron chi connectivity index (χ4n) is 6.09. The summed E-state index contributed by atoms with van der Waals surface area (Å²) in [6, 6.07) is 8.07. The third-order valence-corrected chi connectivity index (χ3v) is 6.65. The monoisotopic (exact) mass is 343 g/mol. The first-order valence-corrected chi connectivity index (χ1v) is 9.79. The quantitative estimate of drug-likeness (QED) is 0.767. The van der Waals surface area contributed by atoms with Crippen molar-refractivity contribution in [2.45, 2.75) is 51.4 Å². The summed E-state index contributed by atoms with van der Waals surface area (Å²) < 4.78 is 6.08. The Morgan fingerprint density at radius 2 is 1.84 bits per heavy atom. The number of benzene rings is 1. The smallest absolute Gasteiger partial charge is 0.404 e. The first-order valence-electron chi connectivity index (χ1n) is 9.79. The van der Waals surface area contributed by atoms with Crippen LogP contribution in [0.2, 0.25) is 0 Å². The molecule has 1 aromatic rings. The Balaban J connectivity index is 1.28. The minimum absolute atomic E-state index is 0.437. The molecule has 0 aliphatic heterocycles. The van der Waals surface area contributed by atoms with Crippen molar-refractivity contribution in [2.24, 2.45) is 23.2 Å². The predicted molar refractivity (Wildman–Crippen MR) is 96.9 cm³/mol. The lowest BCUT2D eigenvalue weighted by atomic mass is 9.49. The fraction of sp³-hybridized carbons (Fsp3) is 0.667. The van der Waals surface area contributed by atoms with Crippen molar-refractivity contribution in [1.82, 2.24) is 5.32 Å². The molecular weight excluding hydrogens is 314 g/mol. The topological polar surface area (TPSA) is 58.6 Å². The zero-order chi connectivity index (χ0) is 17.3. The van der Waals surface area contributed by atoms with Crippen LogP contribution in [-0.2, 0) is 6.42 Å². The zero-order valence-electron chi connectivity index (χ0n) is 14.9. The molecule has 4 nitrogen and oxygen atoms in total. The molecule has 0 aromatic heterocycles. The van der Waals surface area contributed by atoms with Crippen molar-refractivity contribution in [3.8, 4) is 5.75 Å². The maximum atomic E-state index is 10.5. The molecule has 136 valence electrons. The summed E-state index contributed by atoms with van der Waals surface area (Å²) in [5, 5.41) is 11.0. The van der Waals surface area contributed by atoms with Gasteiger partial charge in [-0.2, -0.15) is 0 Å². The van der Waals surface area contributed by atoms with Gasteiger partial charge in [-0.25, -0.2) is 4.79 Å². The summed E-state index contributed by atoms with van der Waals surface area (Å²) in [6.07, 6.45) is 9.70. The van der Waals surface area contributed by atoms with Crippen molar-refractivity contribution in [3.63, 3.8) is 0 Å². The van der Waals surface area contributed by atoms with Crippen LogP contribution in [0.25, 0.3) is 0 Å². The second-order valence-electron chi connectivity index (χ2n) is 8.65. The highest BCUT2D eigenvalue weighted by molar-refractivity contribution is 5.64. The molecule has 25 heavy (non-hydrogen) atoms. The lowest BCUT2D eigenvalue weighted by molar-refractivity contribution is -0.0622.